The van der Waals surface area contributed by atoms with Crippen molar-refractivity contribution in [3.05, 3.63) is 29.5 Å². The van der Waals surface area contributed by atoms with Gasteiger partial charge < -0.3 is 19.3 Å². The molecule has 148 valence electrons. The summed E-state index contributed by atoms with van der Waals surface area (Å²) < 4.78 is 11.0. The Balaban J connectivity index is 1.48. The molecule has 2 aromatic heterocycles. The Hall–Kier alpha value is -2.52. The van der Waals surface area contributed by atoms with E-state index in [-0.39, 0.29) is 6.10 Å². The fourth-order valence-electron chi connectivity index (χ4n) is 3.25. The number of aromatic nitrogens is 4. The average Bonchev–Trinajstić information content (AvgIpc) is 3.17. The van der Waals surface area contributed by atoms with Crippen LogP contribution in [-0.2, 0) is 11.3 Å². The Labute approximate surface area is 168 Å². The van der Waals surface area contributed by atoms with Crippen LogP contribution in [0.15, 0.2) is 24.5 Å². The first-order valence-corrected chi connectivity index (χ1v) is 10.2. The summed E-state index contributed by atoms with van der Waals surface area (Å²) in [6.07, 6.45) is 1.62. The van der Waals surface area contributed by atoms with Crippen LogP contribution in [0, 0.1) is 0 Å². The van der Waals surface area contributed by atoms with Gasteiger partial charge in [0.1, 0.15) is 17.9 Å². The molecular formula is C19H24N6O2S. The molecule has 1 saturated heterocycles. The molecule has 1 fully saturated rings. The molecule has 8 nitrogen and oxygen atoms in total. The summed E-state index contributed by atoms with van der Waals surface area (Å²) in [5, 5.41) is 11.3. The van der Waals surface area contributed by atoms with Crippen molar-refractivity contribution in [1.29, 1.82) is 0 Å². The highest BCUT2D eigenvalue weighted by molar-refractivity contribution is 7.15. The molecule has 1 aliphatic heterocycles. The van der Waals surface area contributed by atoms with E-state index < -0.39 is 0 Å². The normalized spacial score (nSPS) is 14.9. The highest BCUT2D eigenvalue weighted by Crippen LogP contribution is 2.29. The molecule has 9 heteroatoms. The van der Waals surface area contributed by atoms with E-state index >= 15 is 0 Å². The summed E-state index contributed by atoms with van der Waals surface area (Å²) in [6, 6.07) is 6.28. The van der Waals surface area contributed by atoms with Crippen molar-refractivity contribution in [2.24, 2.45) is 0 Å². The summed E-state index contributed by atoms with van der Waals surface area (Å²) in [5.41, 5.74) is 2.06. The van der Waals surface area contributed by atoms with Gasteiger partial charge in [0.05, 0.1) is 17.0 Å². The van der Waals surface area contributed by atoms with Crippen LogP contribution in [0.3, 0.4) is 0 Å². The minimum atomic E-state index is 0.0696. The number of hydrogen-bond donors (Lipinski definition) is 0. The van der Waals surface area contributed by atoms with Crippen molar-refractivity contribution in [2.45, 2.75) is 26.6 Å². The van der Waals surface area contributed by atoms with Crippen LogP contribution in [0.1, 0.15) is 18.9 Å². The maximum absolute atomic E-state index is 5.86. The smallest absolute Gasteiger partial charge is 0.224 e. The Morgan fingerprint density at radius 1 is 1.07 bits per heavy atom. The molecule has 0 bridgehead atoms. The summed E-state index contributed by atoms with van der Waals surface area (Å²) in [6.45, 7) is 8.15. The molecule has 3 heterocycles. The Bertz CT molecular complexity index is 939. The number of anilines is 2. The summed E-state index contributed by atoms with van der Waals surface area (Å²) >= 11 is 1.60. The van der Waals surface area contributed by atoms with Gasteiger partial charge >= 0.3 is 0 Å². The van der Waals surface area contributed by atoms with Crippen LogP contribution in [-0.4, -0.2) is 59.6 Å². The molecule has 0 unspecified atom stereocenters. The lowest BCUT2D eigenvalue weighted by atomic mass is 10.2. The van der Waals surface area contributed by atoms with Gasteiger partial charge in [0.2, 0.25) is 11.0 Å². The molecule has 0 saturated carbocycles. The molecule has 1 aromatic carbocycles. The van der Waals surface area contributed by atoms with Crippen LogP contribution < -0.4 is 14.5 Å². The minimum Gasteiger partial charge on any atom is -0.474 e. The maximum Gasteiger partial charge on any atom is 0.224 e. The molecule has 3 aromatic rings. The molecule has 28 heavy (non-hydrogen) atoms. The van der Waals surface area contributed by atoms with Crippen molar-refractivity contribution in [3.63, 3.8) is 0 Å². The summed E-state index contributed by atoms with van der Waals surface area (Å²) in [7, 11) is 1.67. The van der Waals surface area contributed by atoms with Gasteiger partial charge in [0.15, 0.2) is 0 Å². The zero-order valence-corrected chi connectivity index (χ0v) is 17.1. The quantitative estimate of drug-likeness (QED) is 0.625. The standard InChI is InChI=1S/C19H24N6O2S/c1-13(2)27-18-15-10-14(4-5-16(15)20-12-21-18)24-6-8-25(9-7-24)19-23-22-17(28-19)11-26-3/h4-5,10,12-13H,6-9,11H2,1-3H3. The number of nitrogens with zero attached hydrogens (tertiary/aromatic N) is 6. The first-order valence-electron chi connectivity index (χ1n) is 9.36. The molecule has 4 rings (SSSR count). The molecule has 0 aliphatic carbocycles. The minimum absolute atomic E-state index is 0.0696. The van der Waals surface area contributed by atoms with Gasteiger partial charge in [-0.25, -0.2) is 9.97 Å². The lowest BCUT2D eigenvalue weighted by molar-refractivity contribution is 0.184. The second-order valence-electron chi connectivity index (χ2n) is 6.93. The van der Waals surface area contributed by atoms with Gasteiger partial charge in [-0.15, -0.1) is 10.2 Å². The second-order valence-corrected chi connectivity index (χ2v) is 7.97. The predicted octanol–water partition coefficient (Wildman–Crippen LogP) is 2.74. The Morgan fingerprint density at radius 3 is 2.61 bits per heavy atom. The Kier molecular flexibility index (Phi) is 5.54. The second kappa shape index (κ2) is 8.24. The first-order chi connectivity index (χ1) is 13.6. The molecule has 0 spiro atoms. The number of methoxy groups -OCH3 is 1. The van der Waals surface area contributed by atoms with Gasteiger partial charge in [0.25, 0.3) is 0 Å². The zero-order chi connectivity index (χ0) is 19.5. The van der Waals surface area contributed by atoms with Crippen molar-refractivity contribution in [1.82, 2.24) is 20.2 Å². The van der Waals surface area contributed by atoms with Gasteiger partial charge in [-0.3, -0.25) is 0 Å². The van der Waals surface area contributed by atoms with Gasteiger partial charge in [-0.1, -0.05) is 11.3 Å². The monoisotopic (exact) mass is 400 g/mol. The van der Waals surface area contributed by atoms with E-state index in [2.05, 4.69) is 42.1 Å². The fourth-order valence-corrected chi connectivity index (χ4v) is 4.11. The number of fused-ring (bicyclic) bond motifs is 1. The van der Waals surface area contributed by atoms with Crippen LogP contribution >= 0.6 is 11.3 Å². The van der Waals surface area contributed by atoms with E-state index in [1.807, 2.05) is 19.9 Å². The van der Waals surface area contributed by atoms with E-state index in [0.29, 0.717) is 12.5 Å². The number of ether oxygens (including phenoxy) is 2. The topological polar surface area (TPSA) is 76.5 Å². The molecule has 0 N–H and O–H groups in total. The Morgan fingerprint density at radius 2 is 1.86 bits per heavy atom. The SMILES string of the molecule is COCc1nnc(N2CCN(c3ccc4ncnc(OC(C)C)c4c3)CC2)s1. The molecule has 0 atom stereocenters. The van der Waals surface area contributed by atoms with E-state index in [1.165, 1.54) is 0 Å². The number of benzene rings is 1. The molecule has 0 radical (unpaired) electrons. The molecule has 1 aliphatic rings. The molecule has 0 amide bonds. The van der Waals surface area contributed by atoms with E-state index in [4.69, 9.17) is 9.47 Å². The zero-order valence-electron chi connectivity index (χ0n) is 16.3. The van der Waals surface area contributed by atoms with Crippen LogP contribution in [0.2, 0.25) is 0 Å². The first kappa shape index (κ1) is 18.8. The van der Waals surface area contributed by atoms with Crippen molar-refractivity contribution in [3.8, 4) is 5.88 Å². The highest BCUT2D eigenvalue weighted by Gasteiger charge is 2.21. The van der Waals surface area contributed by atoms with Crippen molar-refractivity contribution >= 4 is 33.1 Å². The third-order valence-corrected chi connectivity index (χ3v) is 5.53. The summed E-state index contributed by atoms with van der Waals surface area (Å²) in [4.78, 5) is 13.3. The van der Waals surface area contributed by atoms with Gasteiger partial charge in [0, 0.05) is 39.0 Å². The lowest BCUT2D eigenvalue weighted by Crippen LogP contribution is -2.46. The van der Waals surface area contributed by atoms with Crippen molar-refractivity contribution < 1.29 is 9.47 Å². The highest BCUT2D eigenvalue weighted by atomic mass is 32.1. The number of piperazine rings is 1. The average molecular weight is 401 g/mol. The van der Waals surface area contributed by atoms with Crippen molar-refractivity contribution in [2.75, 3.05) is 43.1 Å². The third kappa shape index (κ3) is 4.00. The number of rotatable bonds is 6. The van der Waals surface area contributed by atoms with Gasteiger partial charge in [-0.2, -0.15) is 0 Å². The van der Waals surface area contributed by atoms with Gasteiger partial charge in [-0.05, 0) is 32.0 Å². The van der Waals surface area contributed by atoms with E-state index in [0.717, 1.165) is 52.9 Å². The van der Waals surface area contributed by atoms with E-state index in [1.54, 1.807) is 24.8 Å². The largest absolute Gasteiger partial charge is 0.474 e. The lowest BCUT2D eigenvalue weighted by Gasteiger charge is -2.35. The predicted molar refractivity (Wildman–Crippen MR) is 110 cm³/mol. The van der Waals surface area contributed by atoms with Crippen LogP contribution in [0.5, 0.6) is 5.88 Å². The van der Waals surface area contributed by atoms with Crippen LogP contribution in [0.4, 0.5) is 10.8 Å². The maximum atomic E-state index is 5.86. The molecular weight excluding hydrogens is 376 g/mol. The summed E-state index contributed by atoms with van der Waals surface area (Å²) in [5.74, 6) is 0.639. The van der Waals surface area contributed by atoms with E-state index in [9.17, 15) is 0 Å². The third-order valence-electron chi connectivity index (χ3n) is 4.57. The number of hydrogen-bond acceptors (Lipinski definition) is 9. The van der Waals surface area contributed by atoms with Crippen LogP contribution in [0.25, 0.3) is 10.9 Å². The fraction of sp³-hybridized carbons (Fsp3) is 0.474.